The normalized spacial score (nSPS) is 30.6. The van der Waals surface area contributed by atoms with Crippen molar-refractivity contribution < 1.29 is 4.79 Å². The Balaban J connectivity index is 1.69. The fourth-order valence-electron chi connectivity index (χ4n) is 2.74. The number of fused-ring (bicyclic) bond motifs is 2. The molecule has 1 heterocycles. The first-order chi connectivity index (χ1) is 7.83. The van der Waals surface area contributed by atoms with Crippen molar-refractivity contribution in [1.29, 1.82) is 0 Å². The standard InChI is InChI=1S/C13H14N2O/c16-13(15-12-3-1-2-6-14-12)11-8-9-4-5-10(11)7-9/h1-6,9-11H,7-8H2,(H,14,15,16). The average molecular weight is 214 g/mol. The maximum absolute atomic E-state index is 12.0. The van der Waals surface area contributed by atoms with E-state index in [1.165, 1.54) is 0 Å². The minimum atomic E-state index is 0.121. The summed E-state index contributed by atoms with van der Waals surface area (Å²) in [5, 5.41) is 2.88. The van der Waals surface area contributed by atoms with Crippen LogP contribution in [-0.4, -0.2) is 10.9 Å². The van der Waals surface area contributed by atoms with E-state index in [1.54, 1.807) is 6.20 Å². The Hall–Kier alpha value is -1.64. The van der Waals surface area contributed by atoms with Crippen LogP contribution >= 0.6 is 0 Å². The van der Waals surface area contributed by atoms with Gasteiger partial charge >= 0.3 is 0 Å². The van der Waals surface area contributed by atoms with Crippen molar-refractivity contribution in [2.75, 3.05) is 5.32 Å². The molecule has 0 radical (unpaired) electrons. The summed E-state index contributed by atoms with van der Waals surface area (Å²) in [6.07, 6.45) is 8.28. The molecule has 3 nitrogen and oxygen atoms in total. The molecular weight excluding hydrogens is 200 g/mol. The summed E-state index contributed by atoms with van der Waals surface area (Å²) in [6.45, 7) is 0. The number of carbonyl (C=O) groups is 1. The second-order valence-electron chi connectivity index (χ2n) is 4.59. The van der Waals surface area contributed by atoms with Gasteiger partial charge in [0.1, 0.15) is 5.82 Å². The molecular formula is C13H14N2O. The number of pyridine rings is 1. The molecule has 3 unspecified atom stereocenters. The van der Waals surface area contributed by atoms with E-state index in [0.29, 0.717) is 17.7 Å². The van der Waals surface area contributed by atoms with Crippen molar-refractivity contribution in [3.63, 3.8) is 0 Å². The van der Waals surface area contributed by atoms with E-state index in [-0.39, 0.29) is 11.8 Å². The Morgan fingerprint density at radius 3 is 2.88 bits per heavy atom. The highest BCUT2D eigenvalue weighted by Gasteiger charge is 2.39. The van der Waals surface area contributed by atoms with Gasteiger partial charge in [-0.3, -0.25) is 4.79 Å². The zero-order valence-electron chi connectivity index (χ0n) is 8.97. The topological polar surface area (TPSA) is 42.0 Å². The van der Waals surface area contributed by atoms with Crippen LogP contribution in [0.25, 0.3) is 0 Å². The summed E-state index contributed by atoms with van der Waals surface area (Å²) in [5.74, 6) is 2.00. The predicted molar refractivity (Wildman–Crippen MR) is 61.7 cm³/mol. The Morgan fingerprint density at radius 1 is 1.31 bits per heavy atom. The number of nitrogens with zero attached hydrogens (tertiary/aromatic N) is 1. The van der Waals surface area contributed by atoms with Crippen molar-refractivity contribution >= 4 is 11.7 Å². The molecule has 1 amide bonds. The zero-order chi connectivity index (χ0) is 11.0. The molecule has 3 heteroatoms. The second kappa shape index (κ2) is 3.74. The fourth-order valence-corrected chi connectivity index (χ4v) is 2.74. The smallest absolute Gasteiger partial charge is 0.229 e. The van der Waals surface area contributed by atoms with Crippen LogP contribution in [-0.2, 0) is 4.79 Å². The molecule has 2 aliphatic rings. The Bertz CT molecular complexity index is 427. The van der Waals surface area contributed by atoms with Gasteiger partial charge in [0.25, 0.3) is 0 Å². The lowest BCUT2D eigenvalue weighted by atomic mass is 9.93. The van der Waals surface area contributed by atoms with Gasteiger partial charge in [0.05, 0.1) is 0 Å². The molecule has 0 aliphatic heterocycles. The van der Waals surface area contributed by atoms with Crippen LogP contribution in [0.1, 0.15) is 12.8 Å². The monoisotopic (exact) mass is 214 g/mol. The van der Waals surface area contributed by atoms with Crippen molar-refractivity contribution in [1.82, 2.24) is 4.98 Å². The minimum absolute atomic E-state index is 0.121. The van der Waals surface area contributed by atoms with Crippen LogP contribution < -0.4 is 5.32 Å². The van der Waals surface area contributed by atoms with Crippen molar-refractivity contribution in [3.05, 3.63) is 36.5 Å². The number of aromatic nitrogens is 1. The van der Waals surface area contributed by atoms with Crippen molar-refractivity contribution in [2.45, 2.75) is 12.8 Å². The quantitative estimate of drug-likeness (QED) is 0.767. The lowest BCUT2D eigenvalue weighted by Crippen LogP contribution is -2.26. The summed E-state index contributed by atoms with van der Waals surface area (Å²) >= 11 is 0. The van der Waals surface area contributed by atoms with E-state index in [2.05, 4.69) is 22.5 Å². The van der Waals surface area contributed by atoms with Gasteiger partial charge in [-0.25, -0.2) is 4.98 Å². The lowest BCUT2D eigenvalue weighted by Gasteiger charge is -2.16. The van der Waals surface area contributed by atoms with Gasteiger partial charge in [-0.15, -0.1) is 0 Å². The van der Waals surface area contributed by atoms with E-state index >= 15 is 0 Å². The van der Waals surface area contributed by atoms with E-state index in [9.17, 15) is 4.79 Å². The highest BCUT2D eigenvalue weighted by molar-refractivity contribution is 5.92. The van der Waals surface area contributed by atoms with Gasteiger partial charge in [0.2, 0.25) is 5.91 Å². The summed E-state index contributed by atoms with van der Waals surface area (Å²) in [7, 11) is 0. The van der Waals surface area contributed by atoms with Crippen LogP contribution in [0.2, 0.25) is 0 Å². The number of rotatable bonds is 2. The third kappa shape index (κ3) is 1.62. The lowest BCUT2D eigenvalue weighted by molar-refractivity contribution is -0.120. The first-order valence-corrected chi connectivity index (χ1v) is 5.73. The van der Waals surface area contributed by atoms with Crippen LogP contribution in [0.4, 0.5) is 5.82 Å². The highest BCUT2D eigenvalue weighted by atomic mass is 16.2. The molecule has 1 aromatic heterocycles. The average Bonchev–Trinajstić information content (AvgIpc) is 2.92. The fraction of sp³-hybridized carbons (Fsp3) is 0.385. The molecule has 1 fully saturated rings. The molecule has 0 saturated heterocycles. The van der Waals surface area contributed by atoms with Crippen molar-refractivity contribution in [3.8, 4) is 0 Å². The Morgan fingerprint density at radius 2 is 2.25 bits per heavy atom. The number of hydrogen-bond acceptors (Lipinski definition) is 2. The molecule has 16 heavy (non-hydrogen) atoms. The van der Waals surface area contributed by atoms with Crippen LogP contribution in [0, 0.1) is 17.8 Å². The number of nitrogens with one attached hydrogen (secondary N) is 1. The maximum atomic E-state index is 12.0. The van der Waals surface area contributed by atoms with Gasteiger partial charge in [0, 0.05) is 12.1 Å². The SMILES string of the molecule is O=C(Nc1ccccn1)C1CC2C=CC1C2. The molecule has 3 rings (SSSR count). The molecule has 82 valence electrons. The summed E-state index contributed by atoms with van der Waals surface area (Å²) in [4.78, 5) is 16.1. The van der Waals surface area contributed by atoms with Crippen LogP contribution in [0.15, 0.2) is 36.5 Å². The van der Waals surface area contributed by atoms with Gasteiger partial charge in [-0.05, 0) is 36.8 Å². The van der Waals surface area contributed by atoms with E-state index < -0.39 is 0 Å². The third-order valence-corrected chi connectivity index (χ3v) is 3.53. The number of carbonyl (C=O) groups excluding carboxylic acids is 1. The second-order valence-corrected chi connectivity index (χ2v) is 4.59. The molecule has 2 bridgehead atoms. The summed E-state index contributed by atoms with van der Waals surface area (Å²) < 4.78 is 0. The largest absolute Gasteiger partial charge is 0.310 e. The van der Waals surface area contributed by atoms with Gasteiger partial charge < -0.3 is 5.32 Å². The van der Waals surface area contributed by atoms with E-state index in [4.69, 9.17) is 0 Å². The number of allylic oxidation sites excluding steroid dienone is 2. The van der Waals surface area contributed by atoms with E-state index in [1.807, 2.05) is 18.2 Å². The highest BCUT2D eigenvalue weighted by Crippen LogP contribution is 2.43. The predicted octanol–water partition coefficient (Wildman–Crippen LogP) is 2.23. The van der Waals surface area contributed by atoms with E-state index in [0.717, 1.165) is 12.8 Å². The molecule has 1 saturated carbocycles. The van der Waals surface area contributed by atoms with Gasteiger partial charge in [0.15, 0.2) is 0 Å². The number of amides is 1. The third-order valence-electron chi connectivity index (χ3n) is 3.53. The Kier molecular flexibility index (Phi) is 2.24. The molecule has 1 N–H and O–H groups in total. The first-order valence-electron chi connectivity index (χ1n) is 5.73. The molecule has 2 aliphatic carbocycles. The van der Waals surface area contributed by atoms with Gasteiger partial charge in [-0.1, -0.05) is 18.2 Å². The molecule has 3 atom stereocenters. The number of hydrogen-bond donors (Lipinski definition) is 1. The Labute approximate surface area is 94.6 Å². The summed E-state index contributed by atoms with van der Waals surface area (Å²) in [6, 6.07) is 5.54. The molecule has 0 spiro atoms. The van der Waals surface area contributed by atoms with Crippen LogP contribution in [0.5, 0.6) is 0 Å². The van der Waals surface area contributed by atoms with Crippen LogP contribution in [0.3, 0.4) is 0 Å². The summed E-state index contributed by atoms with van der Waals surface area (Å²) in [5.41, 5.74) is 0. The molecule has 1 aromatic rings. The minimum Gasteiger partial charge on any atom is -0.310 e. The first kappa shape index (κ1) is 9.58. The molecule has 0 aromatic carbocycles. The van der Waals surface area contributed by atoms with Gasteiger partial charge in [-0.2, -0.15) is 0 Å². The number of anilines is 1. The zero-order valence-corrected chi connectivity index (χ0v) is 8.97. The van der Waals surface area contributed by atoms with Crippen molar-refractivity contribution in [2.24, 2.45) is 17.8 Å². The maximum Gasteiger partial charge on any atom is 0.229 e.